The molecule has 0 aliphatic rings. The first-order valence-electron chi connectivity index (χ1n) is 9.53. The smallest absolute Gasteiger partial charge is 0.225 e. The summed E-state index contributed by atoms with van der Waals surface area (Å²) in [6.07, 6.45) is 1.77. The molecule has 4 aromatic heterocycles. The lowest BCUT2D eigenvalue weighted by Crippen LogP contribution is -2.06. The summed E-state index contributed by atoms with van der Waals surface area (Å²) in [5.41, 5.74) is 9.90. The highest BCUT2D eigenvalue weighted by Crippen LogP contribution is 2.34. The molecule has 0 amide bonds. The van der Waals surface area contributed by atoms with E-state index in [4.69, 9.17) is 10.7 Å². The Morgan fingerprint density at radius 1 is 0.967 bits per heavy atom. The number of hydrogen-bond donors (Lipinski definition) is 2. The molecule has 0 atom stereocenters. The van der Waals surface area contributed by atoms with Crippen molar-refractivity contribution in [2.24, 2.45) is 0 Å². The maximum Gasteiger partial charge on any atom is 0.225 e. The molecule has 0 saturated carbocycles. The first-order chi connectivity index (χ1) is 14.8. The Kier molecular flexibility index (Phi) is 4.82. The minimum absolute atomic E-state index is 0.501. The summed E-state index contributed by atoms with van der Waals surface area (Å²) in [5, 5.41) is 10.7. The average molecular weight is 414 g/mol. The van der Waals surface area contributed by atoms with E-state index in [9.17, 15) is 0 Å². The number of nitrogens with two attached hydrogens (primary N) is 1. The molecule has 5 aromatic rings. The molecule has 0 aliphatic heterocycles. The van der Waals surface area contributed by atoms with E-state index >= 15 is 0 Å². The van der Waals surface area contributed by atoms with Gasteiger partial charge < -0.3 is 11.1 Å². The summed E-state index contributed by atoms with van der Waals surface area (Å²) in [6.45, 7) is 1.10. The fraction of sp³-hybridized carbons (Fsp3) is 0.0909. The van der Waals surface area contributed by atoms with Crippen LogP contribution < -0.4 is 11.1 Å². The Balaban J connectivity index is 1.56. The number of thiophene rings is 1. The SMILES string of the molecule is Nc1c2c(-c3cccs3)nc(NCc3ccccn3)nc2nn1Cc1ccccc1. The Morgan fingerprint density at radius 3 is 2.60 bits per heavy atom. The third-order valence-electron chi connectivity index (χ3n) is 4.72. The highest BCUT2D eigenvalue weighted by Gasteiger charge is 2.19. The predicted octanol–water partition coefficient (Wildman–Crippen LogP) is 4.19. The number of anilines is 2. The summed E-state index contributed by atoms with van der Waals surface area (Å²) in [4.78, 5) is 14.8. The lowest BCUT2D eigenvalue weighted by molar-refractivity contribution is 0.703. The first kappa shape index (κ1) is 18.3. The lowest BCUT2D eigenvalue weighted by Gasteiger charge is -2.07. The summed E-state index contributed by atoms with van der Waals surface area (Å²) in [7, 11) is 0. The van der Waals surface area contributed by atoms with Crippen LogP contribution in [0, 0.1) is 0 Å². The molecule has 1 aromatic carbocycles. The third kappa shape index (κ3) is 3.60. The van der Waals surface area contributed by atoms with E-state index in [1.807, 2.05) is 53.9 Å². The van der Waals surface area contributed by atoms with Crippen molar-refractivity contribution in [3.63, 3.8) is 0 Å². The van der Waals surface area contributed by atoms with Gasteiger partial charge >= 0.3 is 0 Å². The van der Waals surface area contributed by atoms with Crippen LogP contribution in [0.4, 0.5) is 11.8 Å². The Morgan fingerprint density at radius 2 is 1.83 bits per heavy atom. The molecule has 0 aliphatic carbocycles. The van der Waals surface area contributed by atoms with Gasteiger partial charge in [-0.05, 0) is 29.1 Å². The molecule has 3 N–H and O–H groups in total. The van der Waals surface area contributed by atoms with Gasteiger partial charge in [-0.25, -0.2) is 9.67 Å². The van der Waals surface area contributed by atoms with Gasteiger partial charge in [0.25, 0.3) is 0 Å². The second-order valence-electron chi connectivity index (χ2n) is 6.77. The Bertz CT molecular complexity index is 1270. The van der Waals surface area contributed by atoms with Crippen molar-refractivity contribution in [3.05, 3.63) is 83.5 Å². The van der Waals surface area contributed by atoms with E-state index < -0.39 is 0 Å². The van der Waals surface area contributed by atoms with E-state index in [-0.39, 0.29) is 0 Å². The van der Waals surface area contributed by atoms with Gasteiger partial charge in [0.05, 0.1) is 34.7 Å². The highest BCUT2D eigenvalue weighted by molar-refractivity contribution is 7.13. The van der Waals surface area contributed by atoms with Crippen LogP contribution in [0.5, 0.6) is 0 Å². The van der Waals surface area contributed by atoms with Gasteiger partial charge in [-0.2, -0.15) is 4.98 Å². The number of hydrogen-bond acceptors (Lipinski definition) is 7. The second kappa shape index (κ2) is 7.92. The zero-order valence-electron chi connectivity index (χ0n) is 16.1. The maximum atomic E-state index is 6.50. The summed E-state index contributed by atoms with van der Waals surface area (Å²) in [5.74, 6) is 1.06. The quantitative estimate of drug-likeness (QED) is 0.433. The molecule has 148 valence electrons. The zero-order valence-corrected chi connectivity index (χ0v) is 16.9. The number of nitrogens with one attached hydrogen (secondary N) is 1. The number of nitrogen functional groups attached to an aromatic ring is 1. The van der Waals surface area contributed by atoms with Crippen LogP contribution >= 0.6 is 11.3 Å². The second-order valence-corrected chi connectivity index (χ2v) is 7.72. The minimum atomic E-state index is 0.501. The molecule has 5 rings (SSSR count). The molecule has 0 spiro atoms. The van der Waals surface area contributed by atoms with Gasteiger partial charge in [-0.15, -0.1) is 16.4 Å². The maximum absolute atomic E-state index is 6.50. The van der Waals surface area contributed by atoms with Crippen LogP contribution in [-0.4, -0.2) is 24.7 Å². The molecule has 0 fully saturated rings. The number of benzene rings is 1. The van der Waals surface area contributed by atoms with E-state index in [0.717, 1.165) is 27.2 Å². The first-order valence-corrected chi connectivity index (χ1v) is 10.4. The monoisotopic (exact) mass is 413 g/mol. The van der Waals surface area contributed by atoms with E-state index in [0.29, 0.717) is 30.5 Å². The molecule has 4 heterocycles. The zero-order chi connectivity index (χ0) is 20.3. The van der Waals surface area contributed by atoms with Crippen molar-refractivity contribution in [3.8, 4) is 10.6 Å². The van der Waals surface area contributed by atoms with Crippen LogP contribution in [0.25, 0.3) is 21.6 Å². The normalized spacial score (nSPS) is 11.1. The van der Waals surface area contributed by atoms with Crippen LogP contribution in [0.15, 0.2) is 72.2 Å². The van der Waals surface area contributed by atoms with Crippen molar-refractivity contribution in [2.45, 2.75) is 13.1 Å². The van der Waals surface area contributed by atoms with Gasteiger partial charge in [-0.3, -0.25) is 4.98 Å². The van der Waals surface area contributed by atoms with E-state index in [2.05, 4.69) is 32.5 Å². The lowest BCUT2D eigenvalue weighted by atomic mass is 10.2. The van der Waals surface area contributed by atoms with Crippen molar-refractivity contribution >= 4 is 34.1 Å². The molecule has 30 heavy (non-hydrogen) atoms. The topological polar surface area (TPSA) is 94.5 Å². The fourth-order valence-corrected chi connectivity index (χ4v) is 3.99. The predicted molar refractivity (Wildman–Crippen MR) is 120 cm³/mol. The van der Waals surface area contributed by atoms with Crippen molar-refractivity contribution in [1.82, 2.24) is 24.7 Å². The largest absolute Gasteiger partial charge is 0.383 e. The number of rotatable bonds is 6. The van der Waals surface area contributed by atoms with E-state index in [1.165, 1.54) is 0 Å². The molecule has 0 unspecified atom stereocenters. The van der Waals surface area contributed by atoms with Crippen LogP contribution in [0.2, 0.25) is 0 Å². The molecule has 0 saturated heterocycles. The Labute approximate surface area is 177 Å². The van der Waals surface area contributed by atoms with Gasteiger partial charge in [-0.1, -0.05) is 42.5 Å². The van der Waals surface area contributed by atoms with Gasteiger partial charge in [0.1, 0.15) is 5.82 Å². The van der Waals surface area contributed by atoms with Crippen LogP contribution in [-0.2, 0) is 13.1 Å². The molecule has 0 bridgehead atoms. The summed E-state index contributed by atoms with van der Waals surface area (Å²) < 4.78 is 1.79. The third-order valence-corrected chi connectivity index (χ3v) is 5.60. The number of fused-ring (bicyclic) bond motifs is 1. The van der Waals surface area contributed by atoms with Crippen LogP contribution in [0.1, 0.15) is 11.3 Å². The minimum Gasteiger partial charge on any atom is -0.383 e. The average Bonchev–Trinajstić information content (AvgIpc) is 3.42. The number of pyridine rings is 1. The number of aromatic nitrogens is 5. The van der Waals surface area contributed by atoms with E-state index in [1.54, 1.807) is 22.2 Å². The molecular formula is C22H19N7S. The molecular weight excluding hydrogens is 394 g/mol. The van der Waals surface area contributed by atoms with Crippen molar-refractivity contribution < 1.29 is 0 Å². The van der Waals surface area contributed by atoms with Crippen molar-refractivity contribution in [2.75, 3.05) is 11.1 Å². The van der Waals surface area contributed by atoms with Crippen LogP contribution in [0.3, 0.4) is 0 Å². The molecule has 8 heteroatoms. The molecule has 0 radical (unpaired) electrons. The molecule has 7 nitrogen and oxygen atoms in total. The number of nitrogens with zero attached hydrogens (tertiary/aromatic N) is 5. The van der Waals surface area contributed by atoms with Gasteiger partial charge in [0.15, 0.2) is 5.65 Å². The van der Waals surface area contributed by atoms with Crippen molar-refractivity contribution in [1.29, 1.82) is 0 Å². The standard InChI is InChI=1S/C22H19N7S/c23-20-18-19(17-10-6-12-30-17)26-22(25-13-16-9-4-5-11-24-16)27-21(18)28-29(20)14-15-7-2-1-3-8-15/h1-12H,13-14,23H2,(H,25,27,28). The summed E-state index contributed by atoms with van der Waals surface area (Å²) in [6, 6.07) is 19.9. The Hall–Kier alpha value is -3.78. The van der Waals surface area contributed by atoms with Gasteiger partial charge in [0, 0.05) is 6.20 Å². The fourth-order valence-electron chi connectivity index (χ4n) is 3.27. The van der Waals surface area contributed by atoms with Gasteiger partial charge in [0.2, 0.25) is 5.95 Å². The summed E-state index contributed by atoms with van der Waals surface area (Å²) >= 11 is 1.61. The highest BCUT2D eigenvalue weighted by atomic mass is 32.1.